The lowest BCUT2D eigenvalue weighted by Gasteiger charge is -2.09. The molecule has 0 saturated heterocycles. The van der Waals surface area contributed by atoms with Gasteiger partial charge in [0.1, 0.15) is 18.0 Å². The molecule has 0 fully saturated rings. The van der Waals surface area contributed by atoms with Gasteiger partial charge in [-0.1, -0.05) is 11.6 Å². The number of aryl methyl sites for hydroxylation is 1. The van der Waals surface area contributed by atoms with Gasteiger partial charge in [-0.3, -0.25) is 0 Å². The second kappa shape index (κ2) is 9.81. The number of rotatable bonds is 5. The Morgan fingerprint density at radius 3 is 2.72 bits per heavy atom. The number of imidazole rings is 1. The first kappa shape index (κ1) is 20.5. The Morgan fingerprint density at radius 1 is 1.14 bits per heavy atom. The molecule has 2 aromatic heterocycles. The fourth-order valence-corrected chi connectivity index (χ4v) is 2.76. The summed E-state index contributed by atoms with van der Waals surface area (Å²) < 4.78 is 15.2. The first-order chi connectivity index (χ1) is 14.1. The maximum atomic E-state index is 13.1. The third kappa shape index (κ3) is 5.63. The first-order valence-electron chi connectivity index (χ1n) is 8.95. The van der Waals surface area contributed by atoms with Crippen LogP contribution in [0.2, 0.25) is 5.02 Å². The Balaban J connectivity index is 0.000000224. The van der Waals surface area contributed by atoms with Crippen molar-refractivity contribution < 1.29 is 4.39 Å². The van der Waals surface area contributed by atoms with Crippen molar-refractivity contribution in [3.63, 3.8) is 0 Å². The molecule has 0 saturated carbocycles. The quantitative estimate of drug-likeness (QED) is 0.427. The molecule has 29 heavy (non-hydrogen) atoms. The van der Waals surface area contributed by atoms with Gasteiger partial charge >= 0.3 is 0 Å². The zero-order chi connectivity index (χ0) is 20.6. The van der Waals surface area contributed by atoms with E-state index in [0.29, 0.717) is 17.2 Å². The van der Waals surface area contributed by atoms with E-state index >= 15 is 0 Å². The van der Waals surface area contributed by atoms with Crippen LogP contribution in [-0.2, 0) is 6.54 Å². The van der Waals surface area contributed by atoms with E-state index in [4.69, 9.17) is 23.1 Å². The summed E-state index contributed by atoms with van der Waals surface area (Å²) in [7, 11) is 0. The van der Waals surface area contributed by atoms with Gasteiger partial charge in [-0.25, -0.2) is 19.3 Å². The molecule has 2 heterocycles. The monoisotopic (exact) mass is 413 g/mol. The lowest BCUT2D eigenvalue weighted by atomic mass is 10.2. The number of aromatic nitrogens is 4. The predicted molar refractivity (Wildman–Crippen MR) is 115 cm³/mol. The Morgan fingerprint density at radius 2 is 2.00 bits per heavy atom. The first-order valence-corrected chi connectivity index (χ1v) is 9.32. The van der Waals surface area contributed by atoms with Gasteiger partial charge in [0.25, 0.3) is 0 Å². The Bertz CT molecular complexity index is 1070. The van der Waals surface area contributed by atoms with Crippen molar-refractivity contribution in [3.05, 3.63) is 72.3 Å². The molecule has 2 aromatic carbocycles. The molecule has 5 N–H and O–H groups in total. The highest BCUT2D eigenvalue weighted by Gasteiger charge is 2.06. The number of nitrogen functional groups attached to an aromatic ring is 1. The average Bonchev–Trinajstić information content (AvgIpc) is 3.24. The zero-order valence-corrected chi connectivity index (χ0v) is 16.4. The van der Waals surface area contributed by atoms with Gasteiger partial charge in [-0.2, -0.15) is 0 Å². The summed E-state index contributed by atoms with van der Waals surface area (Å²) in [6.45, 7) is 1.73. The Labute approximate surface area is 172 Å². The van der Waals surface area contributed by atoms with Gasteiger partial charge in [0.05, 0.1) is 16.9 Å². The number of nitrogens with one attached hydrogen (secondary N) is 1. The molecule has 0 unspecified atom stereocenters. The van der Waals surface area contributed by atoms with Crippen molar-refractivity contribution in [1.29, 1.82) is 0 Å². The van der Waals surface area contributed by atoms with E-state index in [9.17, 15) is 4.39 Å². The van der Waals surface area contributed by atoms with Gasteiger partial charge in [0, 0.05) is 35.7 Å². The summed E-state index contributed by atoms with van der Waals surface area (Å²) in [6, 6.07) is 9.74. The molecule has 4 rings (SSSR count). The molecule has 0 amide bonds. The summed E-state index contributed by atoms with van der Waals surface area (Å²) in [5.74, 6) is 0.124. The van der Waals surface area contributed by atoms with Crippen LogP contribution in [0.4, 0.5) is 21.6 Å². The van der Waals surface area contributed by atoms with Crippen molar-refractivity contribution in [3.8, 4) is 0 Å². The summed E-state index contributed by atoms with van der Waals surface area (Å²) >= 11 is 5.76. The number of halogens is 2. The van der Waals surface area contributed by atoms with E-state index in [-0.39, 0.29) is 5.02 Å². The molecule has 4 aromatic rings. The summed E-state index contributed by atoms with van der Waals surface area (Å²) in [6.07, 6.45) is 7.99. The van der Waals surface area contributed by atoms with Crippen LogP contribution < -0.4 is 16.8 Å². The minimum Gasteiger partial charge on any atom is -0.399 e. The lowest BCUT2D eigenvalue weighted by Crippen LogP contribution is -2.03. The predicted octanol–water partition coefficient (Wildman–Crippen LogP) is 3.98. The van der Waals surface area contributed by atoms with Crippen LogP contribution in [0.3, 0.4) is 0 Å². The van der Waals surface area contributed by atoms with Crippen LogP contribution in [0.1, 0.15) is 6.42 Å². The maximum absolute atomic E-state index is 13.1. The van der Waals surface area contributed by atoms with Gasteiger partial charge in [0.15, 0.2) is 0 Å². The van der Waals surface area contributed by atoms with Crippen LogP contribution in [0.5, 0.6) is 0 Å². The van der Waals surface area contributed by atoms with E-state index in [1.54, 1.807) is 30.7 Å². The van der Waals surface area contributed by atoms with Crippen molar-refractivity contribution in [2.75, 3.05) is 17.6 Å². The van der Waals surface area contributed by atoms with E-state index < -0.39 is 5.82 Å². The van der Waals surface area contributed by atoms with Crippen LogP contribution in [0.15, 0.2) is 61.4 Å². The molecule has 0 bridgehead atoms. The van der Waals surface area contributed by atoms with Crippen molar-refractivity contribution in [2.45, 2.75) is 13.0 Å². The average molecular weight is 414 g/mol. The number of hydrogen-bond acceptors (Lipinski definition) is 6. The molecular formula is C20H21ClFN7. The molecule has 7 nitrogen and oxygen atoms in total. The fourth-order valence-electron chi connectivity index (χ4n) is 2.58. The SMILES string of the molecule is NCCCn1ccnc1.Nc1ccc2ncnc(Nc3ccc(F)c(Cl)c3)c2c1. The molecular weight excluding hydrogens is 393 g/mol. The van der Waals surface area contributed by atoms with Gasteiger partial charge in [-0.15, -0.1) is 0 Å². The van der Waals surface area contributed by atoms with Gasteiger partial charge in [0.2, 0.25) is 0 Å². The highest BCUT2D eigenvalue weighted by molar-refractivity contribution is 6.31. The van der Waals surface area contributed by atoms with Gasteiger partial charge in [-0.05, 0) is 49.4 Å². The number of fused-ring (bicyclic) bond motifs is 1. The highest BCUT2D eigenvalue weighted by Crippen LogP contribution is 2.26. The van der Waals surface area contributed by atoms with Crippen LogP contribution in [-0.4, -0.2) is 26.1 Å². The second-order valence-corrected chi connectivity index (χ2v) is 6.60. The number of benzene rings is 2. The third-order valence-corrected chi connectivity index (χ3v) is 4.31. The molecule has 0 spiro atoms. The van der Waals surface area contributed by atoms with Crippen LogP contribution in [0, 0.1) is 5.82 Å². The molecule has 150 valence electrons. The molecule has 0 radical (unpaired) electrons. The molecule has 0 aliphatic heterocycles. The smallest absolute Gasteiger partial charge is 0.141 e. The number of anilines is 3. The molecule has 0 aliphatic carbocycles. The minimum absolute atomic E-state index is 0.0490. The maximum Gasteiger partial charge on any atom is 0.141 e. The molecule has 0 atom stereocenters. The number of nitrogens with two attached hydrogens (primary N) is 2. The second-order valence-electron chi connectivity index (χ2n) is 6.20. The summed E-state index contributed by atoms with van der Waals surface area (Å²) in [5.41, 5.74) is 13.1. The number of nitrogens with zero attached hydrogens (tertiary/aromatic N) is 4. The third-order valence-electron chi connectivity index (χ3n) is 4.02. The molecule has 0 aliphatic rings. The van der Waals surface area contributed by atoms with Gasteiger partial charge < -0.3 is 21.4 Å². The summed E-state index contributed by atoms with van der Waals surface area (Å²) in [5, 5.41) is 3.92. The summed E-state index contributed by atoms with van der Waals surface area (Å²) in [4.78, 5) is 12.2. The topological polar surface area (TPSA) is 108 Å². The Kier molecular flexibility index (Phi) is 6.94. The van der Waals surface area contributed by atoms with Crippen molar-refractivity contribution in [1.82, 2.24) is 19.5 Å². The largest absolute Gasteiger partial charge is 0.399 e. The van der Waals surface area contributed by atoms with E-state index in [0.717, 1.165) is 30.4 Å². The standard InChI is InChI=1S/C14H10ClFN4.C6H11N3/c15-11-6-9(2-3-12(11)16)20-14-10-5-8(17)1-4-13(10)18-7-19-14;7-2-1-4-9-5-3-8-6-9/h1-7H,17H2,(H,18,19,20);3,5-6H,1-2,4,7H2. The van der Waals surface area contributed by atoms with E-state index in [2.05, 4.69) is 20.3 Å². The zero-order valence-electron chi connectivity index (χ0n) is 15.6. The Hall–Kier alpha value is -3.23. The van der Waals surface area contributed by atoms with Crippen molar-refractivity contribution in [2.24, 2.45) is 5.73 Å². The van der Waals surface area contributed by atoms with Crippen LogP contribution in [0.25, 0.3) is 10.9 Å². The highest BCUT2D eigenvalue weighted by atomic mass is 35.5. The van der Waals surface area contributed by atoms with E-state index in [1.165, 1.54) is 18.5 Å². The van der Waals surface area contributed by atoms with E-state index in [1.807, 2.05) is 16.8 Å². The lowest BCUT2D eigenvalue weighted by molar-refractivity contribution is 0.628. The number of hydrogen-bond donors (Lipinski definition) is 3. The minimum atomic E-state index is -0.464. The normalized spacial score (nSPS) is 10.4. The van der Waals surface area contributed by atoms with Crippen LogP contribution >= 0.6 is 11.6 Å². The fraction of sp³-hybridized carbons (Fsp3) is 0.150. The molecule has 9 heteroatoms. The van der Waals surface area contributed by atoms with Crippen molar-refractivity contribution >= 4 is 39.7 Å².